The number of rotatable bonds is 7. The summed E-state index contributed by atoms with van der Waals surface area (Å²) < 4.78 is 5.60. The van der Waals surface area contributed by atoms with Crippen LogP contribution in [0, 0.1) is 5.92 Å². The van der Waals surface area contributed by atoms with Gasteiger partial charge in [0.2, 0.25) is 11.8 Å². The molecule has 1 aliphatic heterocycles. The fraction of sp³-hybridized carbons (Fsp3) is 0.450. The van der Waals surface area contributed by atoms with E-state index >= 15 is 0 Å². The number of hydrogen-bond acceptors (Lipinski definition) is 5. The fourth-order valence-corrected chi connectivity index (χ4v) is 3.84. The molecule has 1 saturated heterocycles. The van der Waals surface area contributed by atoms with Crippen molar-refractivity contribution < 1.29 is 14.3 Å². The fourth-order valence-electron chi connectivity index (χ4n) is 3.08. The zero-order valence-corrected chi connectivity index (χ0v) is 16.3. The van der Waals surface area contributed by atoms with Crippen LogP contribution < -0.4 is 10.1 Å². The number of hydrogen-bond donors (Lipinski definition) is 1. The summed E-state index contributed by atoms with van der Waals surface area (Å²) in [5.74, 6) is 0.554. The van der Waals surface area contributed by atoms with Crippen LogP contribution in [0.1, 0.15) is 31.1 Å². The van der Waals surface area contributed by atoms with Crippen LogP contribution in [0.4, 0.5) is 5.13 Å². The van der Waals surface area contributed by atoms with E-state index < -0.39 is 0 Å². The van der Waals surface area contributed by atoms with Crippen LogP contribution in [-0.2, 0) is 16.0 Å². The molecule has 1 fully saturated rings. The molecule has 1 aliphatic rings. The van der Waals surface area contributed by atoms with Crippen LogP contribution in [0.25, 0.3) is 0 Å². The molecule has 2 heterocycles. The predicted octanol–water partition coefficient (Wildman–Crippen LogP) is 3.35. The Kier molecular flexibility index (Phi) is 6.81. The number of benzene rings is 1. The van der Waals surface area contributed by atoms with Gasteiger partial charge < -0.3 is 15.0 Å². The Hall–Kier alpha value is -2.41. The normalized spacial score (nSPS) is 16.8. The van der Waals surface area contributed by atoms with E-state index in [0.717, 1.165) is 29.9 Å². The number of para-hydroxylation sites is 1. The molecule has 2 aromatic rings. The molecule has 0 bridgehead atoms. The summed E-state index contributed by atoms with van der Waals surface area (Å²) in [6.45, 7) is 3.56. The average Bonchev–Trinajstić information content (AvgIpc) is 3.16. The zero-order chi connectivity index (χ0) is 19.1. The number of ether oxygens (including phenoxy) is 1. The average molecular weight is 388 g/mol. The van der Waals surface area contributed by atoms with Crippen molar-refractivity contribution in [3.8, 4) is 5.75 Å². The summed E-state index contributed by atoms with van der Waals surface area (Å²) in [4.78, 5) is 32.1. The third kappa shape index (κ3) is 5.53. The first kappa shape index (κ1) is 19.4. The number of carbonyl (C=O) groups excluding carboxylic acids is 2. The summed E-state index contributed by atoms with van der Waals surface area (Å²) in [5, 5.41) is 3.53. The van der Waals surface area contributed by atoms with Crippen LogP contribution >= 0.6 is 11.3 Å². The molecule has 144 valence electrons. The maximum Gasteiger partial charge on any atom is 0.231 e. The van der Waals surface area contributed by atoms with Gasteiger partial charge >= 0.3 is 0 Å². The Morgan fingerprint density at radius 2 is 2.15 bits per heavy atom. The Bertz CT molecular complexity index is 763. The molecular weight excluding hydrogens is 362 g/mol. The minimum Gasteiger partial charge on any atom is -0.493 e. The van der Waals surface area contributed by atoms with Gasteiger partial charge in [-0.15, -0.1) is 11.3 Å². The van der Waals surface area contributed by atoms with Crippen molar-refractivity contribution in [1.29, 1.82) is 0 Å². The van der Waals surface area contributed by atoms with E-state index in [1.54, 1.807) is 11.1 Å². The SMILES string of the molecule is CCc1cnc(NC(=O)C2CCCN(C(=O)CCOc3ccccc3)C2)s1. The van der Waals surface area contributed by atoms with Crippen molar-refractivity contribution in [2.75, 3.05) is 25.0 Å². The van der Waals surface area contributed by atoms with Crippen molar-refractivity contribution in [3.63, 3.8) is 0 Å². The Morgan fingerprint density at radius 1 is 1.33 bits per heavy atom. The van der Waals surface area contributed by atoms with Gasteiger partial charge in [0.1, 0.15) is 5.75 Å². The molecule has 0 saturated carbocycles. The van der Waals surface area contributed by atoms with Gasteiger partial charge in [-0.05, 0) is 31.4 Å². The molecule has 3 rings (SSSR count). The van der Waals surface area contributed by atoms with Gasteiger partial charge in [0.25, 0.3) is 0 Å². The molecule has 1 aromatic carbocycles. The van der Waals surface area contributed by atoms with E-state index in [0.29, 0.717) is 31.2 Å². The van der Waals surface area contributed by atoms with Gasteiger partial charge in [-0.3, -0.25) is 9.59 Å². The van der Waals surface area contributed by atoms with E-state index in [-0.39, 0.29) is 17.7 Å². The number of amides is 2. The molecule has 0 aliphatic carbocycles. The van der Waals surface area contributed by atoms with E-state index in [4.69, 9.17) is 4.74 Å². The highest BCUT2D eigenvalue weighted by Crippen LogP contribution is 2.22. The largest absolute Gasteiger partial charge is 0.493 e. The van der Waals surface area contributed by atoms with Gasteiger partial charge in [0, 0.05) is 24.2 Å². The van der Waals surface area contributed by atoms with Crippen LogP contribution in [0.2, 0.25) is 0 Å². The highest BCUT2D eigenvalue weighted by molar-refractivity contribution is 7.15. The first-order valence-electron chi connectivity index (χ1n) is 9.37. The van der Waals surface area contributed by atoms with E-state index in [2.05, 4.69) is 17.2 Å². The van der Waals surface area contributed by atoms with Gasteiger partial charge in [-0.2, -0.15) is 0 Å². The summed E-state index contributed by atoms with van der Waals surface area (Å²) in [6, 6.07) is 9.46. The summed E-state index contributed by atoms with van der Waals surface area (Å²) in [5.41, 5.74) is 0. The number of aryl methyl sites for hydroxylation is 1. The number of nitrogens with one attached hydrogen (secondary N) is 1. The van der Waals surface area contributed by atoms with Gasteiger partial charge in [-0.25, -0.2) is 4.98 Å². The molecule has 1 unspecified atom stereocenters. The molecule has 1 aromatic heterocycles. The van der Waals surface area contributed by atoms with Crippen molar-refractivity contribution in [1.82, 2.24) is 9.88 Å². The topological polar surface area (TPSA) is 71.5 Å². The monoisotopic (exact) mass is 387 g/mol. The van der Waals surface area contributed by atoms with Crippen molar-refractivity contribution >= 4 is 28.3 Å². The molecule has 1 atom stereocenters. The molecule has 6 nitrogen and oxygen atoms in total. The number of likely N-dealkylation sites (tertiary alicyclic amines) is 1. The smallest absolute Gasteiger partial charge is 0.231 e. The summed E-state index contributed by atoms with van der Waals surface area (Å²) in [6.07, 6.45) is 4.65. The van der Waals surface area contributed by atoms with E-state index in [1.807, 2.05) is 30.3 Å². The number of aromatic nitrogens is 1. The van der Waals surface area contributed by atoms with Gasteiger partial charge in [-0.1, -0.05) is 25.1 Å². The molecule has 27 heavy (non-hydrogen) atoms. The maximum absolute atomic E-state index is 12.5. The van der Waals surface area contributed by atoms with E-state index in [1.165, 1.54) is 11.3 Å². The highest BCUT2D eigenvalue weighted by atomic mass is 32.1. The summed E-state index contributed by atoms with van der Waals surface area (Å²) in [7, 11) is 0. The second-order valence-electron chi connectivity index (χ2n) is 6.56. The van der Waals surface area contributed by atoms with Crippen LogP contribution in [0.15, 0.2) is 36.5 Å². The Labute approximate surface area is 163 Å². The second kappa shape index (κ2) is 9.50. The minimum atomic E-state index is -0.188. The van der Waals surface area contributed by atoms with Crippen molar-refractivity contribution in [2.45, 2.75) is 32.6 Å². The predicted molar refractivity (Wildman–Crippen MR) is 106 cm³/mol. The van der Waals surface area contributed by atoms with Gasteiger partial charge in [0.05, 0.1) is 18.9 Å². The lowest BCUT2D eigenvalue weighted by Crippen LogP contribution is -2.44. The Balaban J connectivity index is 1.46. The molecule has 0 spiro atoms. The lowest BCUT2D eigenvalue weighted by atomic mass is 9.97. The number of nitrogens with zero attached hydrogens (tertiary/aromatic N) is 2. The zero-order valence-electron chi connectivity index (χ0n) is 15.5. The maximum atomic E-state index is 12.5. The summed E-state index contributed by atoms with van der Waals surface area (Å²) >= 11 is 1.50. The third-order valence-electron chi connectivity index (χ3n) is 4.60. The molecule has 2 amide bonds. The first-order chi connectivity index (χ1) is 13.2. The number of carbonyl (C=O) groups is 2. The molecule has 1 N–H and O–H groups in total. The van der Waals surface area contributed by atoms with Crippen LogP contribution in [-0.4, -0.2) is 41.4 Å². The van der Waals surface area contributed by atoms with Crippen LogP contribution in [0.5, 0.6) is 5.75 Å². The number of thiazole rings is 1. The third-order valence-corrected chi connectivity index (χ3v) is 5.66. The lowest BCUT2D eigenvalue weighted by molar-refractivity contribution is -0.135. The van der Waals surface area contributed by atoms with Crippen LogP contribution in [0.3, 0.4) is 0 Å². The van der Waals surface area contributed by atoms with E-state index in [9.17, 15) is 9.59 Å². The standard InChI is InChI=1S/C20H25N3O3S/c1-2-17-13-21-20(27-17)22-19(25)15-7-6-11-23(14-15)18(24)10-12-26-16-8-4-3-5-9-16/h3-5,8-9,13,15H,2,6-7,10-12,14H2,1H3,(H,21,22,25). The molecular formula is C20H25N3O3S. The highest BCUT2D eigenvalue weighted by Gasteiger charge is 2.28. The van der Waals surface area contributed by atoms with Crippen molar-refractivity contribution in [2.24, 2.45) is 5.92 Å². The lowest BCUT2D eigenvalue weighted by Gasteiger charge is -2.32. The van der Waals surface area contributed by atoms with Crippen molar-refractivity contribution in [3.05, 3.63) is 41.4 Å². The van der Waals surface area contributed by atoms with Gasteiger partial charge in [0.15, 0.2) is 5.13 Å². The Morgan fingerprint density at radius 3 is 2.89 bits per heavy atom. The number of piperidine rings is 1. The minimum absolute atomic E-state index is 0.0333. The number of anilines is 1. The first-order valence-corrected chi connectivity index (χ1v) is 10.2. The molecule has 0 radical (unpaired) electrons. The molecule has 7 heteroatoms. The quantitative estimate of drug-likeness (QED) is 0.791. The second-order valence-corrected chi connectivity index (χ2v) is 7.68.